The zero-order chi connectivity index (χ0) is 17.7. The van der Waals surface area contributed by atoms with E-state index in [1.54, 1.807) is 12.1 Å². The van der Waals surface area contributed by atoms with Gasteiger partial charge in [0.2, 0.25) is 11.8 Å². The largest absolute Gasteiger partial charge is 0.354 e. The van der Waals surface area contributed by atoms with E-state index in [0.29, 0.717) is 12.0 Å². The van der Waals surface area contributed by atoms with Gasteiger partial charge in [0.1, 0.15) is 5.82 Å². The van der Waals surface area contributed by atoms with Crippen LogP contribution in [-0.2, 0) is 25.8 Å². The van der Waals surface area contributed by atoms with Crippen LogP contribution in [0.3, 0.4) is 0 Å². The number of nitrogens with one attached hydrogen (secondary N) is 1. The molecule has 1 N–H and O–H groups in total. The van der Waals surface area contributed by atoms with Gasteiger partial charge in [0, 0.05) is 26.1 Å². The van der Waals surface area contributed by atoms with Gasteiger partial charge in [-0.3, -0.25) is 9.59 Å². The molecular weight excluding hydrogens is 335 g/mol. The Labute approximate surface area is 140 Å². The number of amides is 2. The minimum atomic E-state index is -3.07. The van der Waals surface area contributed by atoms with Gasteiger partial charge in [-0.1, -0.05) is 12.1 Å². The summed E-state index contributed by atoms with van der Waals surface area (Å²) in [5.74, 6) is -0.717. The number of hydrogen-bond donors (Lipinski definition) is 1. The first-order valence-corrected chi connectivity index (χ1v) is 9.58. The van der Waals surface area contributed by atoms with Gasteiger partial charge in [0.15, 0.2) is 9.84 Å². The van der Waals surface area contributed by atoms with Gasteiger partial charge in [0.25, 0.3) is 0 Å². The van der Waals surface area contributed by atoms with Crippen molar-refractivity contribution in [3.05, 3.63) is 35.6 Å². The molecule has 0 saturated carbocycles. The van der Waals surface area contributed by atoms with E-state index in [-0.39, 0.29) is 54.7 Å². The van der Waals surface area contributed by atoms with E-state index < -0.39 is 9.84 Å². The molecular formula is C16H21FN2O4S. The lowest BCUT2D eigenvalue weighted by Gasteiger charge is -2.27. The molecule has 24 heavy (non-hydrogen) atoms. The van der Waals surface area contributed by atoms with Crippen LogP contribution in [0, 0.1) is 5.82 Å². The molecule has 1 fully saturated rings. The third-order valence-corrected chi connectivity index (χ3v) is 5.76. The molecule has 1 aromatic carbocycles. The number of rotatable bonds is 6. The van der Waals surface area contributed by atoms with Crippen molar-refractivity contribution in [3.63, 3.8) is 0 Å². The highest BCUT2D eigenvalue weighted by molar-refractivity contribution is 7.91. The van der Waals surface area contributed by atoms with E-state index in [0.717, 1.165) is 0 Å². The van der Waals surface area contributed by atoms with Gasteiger partial charge in [0.05, 0.1) is 17.9 Å². The lowest BCUT2D eigenvalue weighted by Crippen LogP contribution is -2.44. The van der Waals surface area contributed by atoms with Crippen molar-refractivity contribution in [2.45, 2.75) is 25.8 Å². The predicted octanol–water partition coefficient (Wildman–Crippen LogP) is 0.520. The van der Waals surface area contributed by atoms with Crippen molar-refractivity contribution in [1.82, 2.24) is 10.2 Å². The van der Waals surface area contributed by atoms with Crippen LogP contribution in [0.5, 0.6) is 0 Å². The Kier molecular flexibility index (Phi) is 5.93. The summed E-state index contributed by atoms with van der Waals surface area (Å²) in [6.45, 7) is 1.91. The lowest BCUT2D eigenvalue weighted by molar-refractivity contribution is -0.131. The maximum absolute atomic E-state index is 12.8. The molecule has 1 heterocycles. The molecule has 0 bridgehead atoms. The zero-order valence-electron chi connectivity index (χ0n) is 13.5. The van der Waals surface area contributed by atoms with Crippen LogP contribution in [0.15, 0.2) is 24.3 Å². The fourth-order valence-corrected chi connectivity index (χ4v) is 4.51. The van der Waals surface area contributed by atoms with E-state index in [1.165, 1.54) is 24.0 Å². The van der Waals surface area contributed by atoms with E-state index in [4.69, 9.17) is 0 Å². The third kappa shape index (κ3) is 5.30. The fourth-order valence-electron chi connectivity index (χ4n) is 2.78. The van der Waals surface area contributed by atoms with Crippen LogP contribution in [-0.4, -0.2) is 55.8 Å². The Hall–Kier alpha value is -1.96. The standard InChI is InChI=1S/C16H21FN2O4S/c1-12(20)19(15-6-9-24(22,23)11-15)8-7-18-16(21)10-13-2-4-14(17)5-3-13/h2-5,15H,6-11H2,1H3,(H,18,21). The summed E-state index contributed by atoms with van der Waals surface area (Å²) in [5, 5.41) is 2.70. The fraction of sp³-hybridized carbons (Fsp3) is 0.500. The highest BCUT2D eigenvalue weighted by atomic mass is 32.2. The molecule has 1 atom stereocenters. The first kappa shape index (κ1) is 18.4. The quantitative estimate of drug-likeness (QED) is 0.805. The van der Waals surface area contributed by atoms with Gasteiger partial charge in [-0.15, -0.1) is 0 Å². The number of halogens is 1. The normalized spacial score (nSPS) is 19.0. The second-order valence-corrected chi connectivity index (χ2v) is 8.15. The van der Waals surface area contributed by atoms with Crippen LogP contribution in [0.1, 0.15) is 18.9 Å². The number of carbonyl (C=O) groups is 2. The Balaban J connectivity index is 1.81. The summed E-state index contributed by atoms with van der Waals surface area (Å²) >= 11 is 0. The first-order chi connectivity index (χ1) is 11.3. The smallest absolute Gasteiger partial charge is 0.224 e. The Morgan fingerprint density at radius 2 is 1.96 bits per heavy atom. The molecule has 6 nitrogen and oxygen atoms in total. The van der Waals surface area contributed by atoms with Crippen molar-refractivity contribution < 1.29 is 22.4 Å². The molecule has 0 spiro atoms. The second kappa shape index (κ2) is 7.74. The second-order valence-electron chi connectivity index (χ2n) is 5.92. The Morgan fingerprint density at radius 3 is 2.50 bits per heavy atom. The van der Waals surface area contributed by atoms with Crippen molar-refractivity contribution in [1.29, 1.82) is 0 Å². The van der Waals surface area contributed by atoms with Gasteiger partial charge in [-0.05, 0) is 24.1 Å². The number of nitrogens with zero attached hydrogens (tertiary/aromatic N) is 1. The molecule has 8 heteroatoms. The lowest BCUT2D eigenvalue weighted by atomic mass is 10.1. The predicted molar refractivity (Wildman–Crippen MR) is 87.6 cm³/mol. The van der Waals surface area contributed by atoms with Gasteiger partial charge >= 0.3 is 0 Å². The van der Waals surface area contributed by atoms with Crippen LogP contribution < -0.4 is 5.32 Å². The van der Waals surface area contributed by atoms with Crippen LogP contribution >= 0.6 is 0 Å². The summed E-state index contributed by atoms with van der Waals surface area (Å²) in [6.07, 6.45) is 0.559. The minimum absolute atomic E-state index is 0.0178. The number of sulfone groups is 1. The maximum atomic E-state index is 12.8. The average molecular weight is 356 g/mol. The van der Waals surface area contributed by atoms with Gasteiger partial charge in [-0.25, -0.2) is 12.8 Å². The molecule has 0 aromatic heterocycles. The molecule has 0 radical (unpaired) electrons. The van der Waals surface area contributed by atoms with Crippen molar-refractivity contribution in [2.24, 2.45) is 0 Å². The molecule has 132 valence electrons. The Morgan fingerprint density at radius 1 is 1.29 bits per heavy atom. The van der Waals surface area contributed by atoms with Crippen molar-refractivity contribution in [3.8, 4) is 0 Å². The molecule has 1 saturated heterocycles. The van der Waals surface area contributed by atoms with E-state index >= 15 is 0 Å². The number of carbonyl (C=O) groups excluding carboxylic acids is 2. The van der Waals surface area contributed by atoms with Gasteiger partial charge in [-0.2, -0.15) is 0 Å². The summed E-state index contributed by atoms with van der Waals surface area (Å²) in [6, 6.07) is 5.35. The van der Waals surface area contributed by atoms with Crippen LogP contribution in [0.2, 0.25) is 0 Å². The highest BCUT2D eigenvalue weighted by Gasteiger charge is 2.33. The van der Waals surface area contributed by atoms with Crippen molar-refractivity contribution in [2.75, 3.05) is 24.6 Å². The molecule has 0 aliphatic carbocycles. The topological polar surface area (TPSA) is 83.6 Å². The number of hydrogen-bond acceptors (Lipinski definition) is 4. The highest BCUT2D eigenvalue weighted by Crippen LogP contribution is 2.17. The summed E-state index contributed by atoms with van der Waals surface area (Å²) in [7, 11) is -3.07. The van der Waals surface area contributed by atoms with E-state index in [2.05, 4.69) is 5.32 Å². The number of benzene rings is 1. The molecule has 2 rings (SSSR count). The van der Waals surface area contributed by atoms with Gasteiger partial charge < -0.3 is 10.2 Å². The summed E-state index contributed by atoms with van der Waals surface area (Å²) in [5.41, 5.74) is 0.694. The third-order valence-electron chi connectivity index (χ3n) is 4.01. The SMILES string of the molecule is CC(=O)N(CCNC(=O)Cc1ccc(F)cc1)C1CCS(=O)(=O)C1. The maximum Gasteiger partial charge on any atom is 0.224 e. The zero-order valence-corrected chi connectivity index (χ0v) is 14.3. The first-order valence-electron chi connectivity index (χ1n) is 7.75. The monoisotopic (exact) mass is 356 g/mol. The van der Waals surface area contributed by atoms with E-state index in [9.17, 15) is 22.4 Å². The van der Waals surface area contributed by atoms with Crippen LogP contribution in [0.25, 0.3) is 0 Å². The molecule has 1 unspecified atom stereocenters. The molecule has 1 aliphatic rings. The summed E-state index contributed by atoms with van der Waals surface area (Å²) < 4.78 is 35.9. The van der Waals surface area contributed by atoms with Crippen LogP contribution in [0.4, 0.5) is 4.39 Å². The average Bonchev–Trinajstić information content (AvgIpc) is 2.85. The Bertz CT molecular complexity index is 703. The molecule has 1 aliphatic heterocycles. The molecule has 1 aromatic rings. The minimum Gasteiger partial charge on any atom is -0.354 e. The van der Waals surface area contributed by atoms with E-state index in [1.807, 2.05) is 0 Å². The summed E-state index contributed by atoms with van der Waals surface area (Å²) in [4.78, 5) is 25.1. The van der Waals surface area contributed by atoms with Crippen molar-refractivity contribution >= 4 is 21.7 Å². The molecule has 2 amide bonds.